The minimum Gasteiger partial charge on any atom is -0.299 e. The molecular weight excluding hydrogens is 194 g/mol. The molecule has 0 aromatic heterocycles. The minimum atomic E-state index is 0.476. The molecule has 1 aromatic rings. The van der Waals surface area contributed by atoms with E-state index >= 15 is 0 Å². The molecule has 0 heterocycles. The standard InChI is InChI=1S/C15H19N/c1-13(15-10-4-3-5-11-15)16(2)12-14-8-6-7-9-14/h3-11,13-14H,12H2,1-2H3/t13-/m1/s1. The van der Waals surface area contributed by atoms with Crippen LogP contribution in [0.3, 0.4) is 0 Å². The summed E-state index contributed by atoms with van der Waals surface area (Å²) in [5.74, 6) is 0.580. The van der Waals surface area contributed by atoms with Gasteiger partial charge in [0.1, 0.15) is 0 Å². The van der Waals surface area contributed by atoms with Gasteiger partial charge in [-0.3, -0.25) is 4.90 Å². The van der Waals surface area contributed by atoms with Crippen LogP contribution in [0.25, 0.3) is 0 Å². The van der Waals surface area contributed by atoms with Crippen molar-refractivity contribution in [1.29, 1.82) is 0 Å². The van der Waals surface area contributed by atoms with Gasteiger partial charge < -0.3 is 0 Å². The van der Waals surface area contributed by atoms with Crippen LogP contribution in [0.2, 0.25) is 0 Å². The first-order chi connectivity index (χ1) is 7.77. The number of hydrogen-bond donors (Lipinski definition) is 0. The van der Waals surface area contributed by atoms with Crippen molar-refractivity contribution >= 4 is 0 Å². The zero-order valence-corrected chi connectivity index (χ0v) is 10.0. The summed E-state index contributed by atoms with van der Waals surface area (Å²) in [5.41, 5.74) is 1.39. The average molecular weight is 213 g/mol. The van der Waals surface area contributed by atoms with Gasteiger partial charge in [0.05, 0.1) is 0 Å². The molecule has 0 unspecified atom stereocenters. The van der Waals surface area contributed by atoms with E-state index in [4.69, 9.17) is 0 Å². The maximum absolute atomic E-state index is 2.40. The minimum absolute atomic E-state index is 0.476. The van der Waals surface area contributed by atoms with Crippen molar-refractivity contribution in [2.45, 2.75) is 13.0 Å². The molecule has 2 rings (SSSR count). The van der Waals surface area contributed by atoms with Gasteiger partial charge in [0.25, 0.3) is 0 Å². The van der Waals surface area contributed by atoms with E-state index < -0.39 is 0 Å². The Labute approximate surface area is 98.1 Å². The van der Waals surface area contributed by atoms with Crippen molar-refractivity contribution in [1.82, 2.24) is 4.90 Å². The molecule has 1 nitrogen and oxygen atoms in total. The van der Waals surface area contributed by atoms with E-state index in [1.807, 2.05) is 0 Å². The first-order valence-electron chi connectivity index (χ1n) is 5.87. The molecule has 0 aliphatic heterocycles. The largest absolute Gasteiger partial charge is 0.299 e. The summed E-state index contributed by atoms with van der Waals surface area (Å²) >= 11 is 0. The van der Waals surface area contributed by atoms with Crippen LogP contribution in [0.5, 0.6) is 0 Å². The Hall–Kier alpha value is -1.34. The summed E-state index contributed by atoms with van der Waals surface area (Å²) in [5, 5.41) is 0. The van der Waals surface area contributed by atoms with Gasteiger partial charge >= 0.3 is 0 Å². The molecule has 1 aromatic carbocycles. The van der Waals surface area contributed by atoms with E-state index in [0.29, 0.717) is 12.0 Å². The van der Waals surface area contributed by atoms with E-state index in [1.54, 1.807) is 0 Å². The zero-order chi connectivity index (χ0) is 11.4. The van der Waals surface area contributed by atoms with E-state index in [-0.39, 0.29) is 0 Å². The third-order valence-electron chi connectivity index (χ3n) is 3.27. The van der Waals surface area contributed by atoms with Gasteiger partial charge in [0.15, 0.2) is 0 Å². The average Bonchev–Trinajstić information content (AvgIpc) is 2.82. The molecule has 0 spiro atoms. The van der Waals surface area contributed by atoms with Crippen LogP contribution in [0.1, 0.15) is 18.5 Å². The first-order valence-corrected chi connectivity index (χ1v) is 5.87. The zero-order valence-electron chi connectivity index (χ0n) is 10.0. The highest BCUT2D eigenvalue weighted by Gasteiger charge is 2.14. The van der Waals surface area contributed by atoms with Crippen LogP contribution < -0.4 is 0 Å². The third-order valence-corrected chi connectivity index (χ3v) is 3.27. The van der Waals surface area contributed by atoms with Gasteiger partial charge in [-0.25, -0.2) is 0 Å². The second kappa shape index (κ2) is 5.13. The Kier molecular flexibility index (Phi) is 3.58. The molecule has 0 radical (unpaired) electrons. The summed E-state index contributed by atoms with van der Waals surface area (Å²) in [6, 6.07) is 11.1. The second-order valence-electron chi connectivity index (χ2n) is 4.46. The van der Waals surface area contributed by atoms with Crippen LogP contribution >= 0.6 is 0 Å². The van der Waals surface area contributed by atoms with E-state index in [2.05, 4.69) is 73.5 Å². The quantitative estimate of drug-likeness (QED) is 0.740. The van der Waals surface area contributed by atoms with E-state index in [1.165, 1.54) is 5.56 Å². The molecule has 0 fully saturated rings. The molecule has 0 bridgehead atoms. The molecule has 0 saturated carbocycles. The third kappa shape index (κ3) is 2.61. The number of allylic oxidation sites excluding steroid dienone is 2. The molecular formula is C15H19N. The van der Waals surface area contributed by atoms with Gasteiger partial charge in [-0.15, -0.1) is 0 Å². The van der Waals surface area contributed by atoms with E-state index in [0.717, 1.165) is 6.54 Å². The van der Waals surface area contributed by atoms with Gasteiger partial charge in [-0.05, 0) is 19.5 Å². The number of rotatable bonds is 4. The van der Waals surface area contributed by atoms with Crippen LogP contribution in [0, 0.1) is 5.92 Å². The highest BCUT2D eigenvalue weighted by Crippen LogP contribution is 2.20. The molecule has 1 aliphatic rings. The van der Waals surface area contributed by atoms with Gasteiger partial charge in [-0.2, -0.15) is 0 Å². The molecule has 0 N–H and O–H groups in total. The molecule has 1 atom stereocenters. The van der Waals surface area contributed by atoms with Crippen LogP contribution in [-0.4, -0.2) is 18.5 Å². The predicted molar refractivity (Wildman–Crippen MR) is 69.3 cm³/mol. The normalized spacial score (nSPS) is 17.2. The van der Waals surface area contributed by atoms with Crippen LogP contribution in [-0.2, 0) is 0 Å². The molecule has 0 amide bonds. The Morgan fingerprint density at radius 3 is 2.38 bits per heavy atom. The summed E-state index contributed by atoms with van der Waals surface area (Å²) in [6.45, 7) is 3.35. The van der Waals surface area contributed by atoms with Crippen molar-refractivity contribution in [3.8, 4) is 0 Å². The van der Waals surface area contributed by atoms with Crippen molar-refractivity contribution in [2.75, 3.05) is 13.6 Å². The smallest absolute Gasteiger partial charge is 0.0317 e. The van der Waals surface area contributed by atoms with Gasteiger partial charge in [-0.1, -0.05) is 54.6 Å². The summed E-state index contributed by atoms with van der Waals surface area (Å²) in [4.78, 5) is 2.40. The lowest BCUT2D eigenvalue weighted by molar-refractivity contribution is 0.250. The molecule has 1 aliphatic carbocycles. The Morgan fingerprint density at radius 2 is 1.75 bits per heavy atom. The highest BCUT2D eigenvalue weighted by atomic mass is 15.1. The number of benzene rings is 1. The van der Waals surface area contributed by atoms with Crippen LogP contribution in [0.15, 0.2) is 54.6 Å². The van der Waals surface area contributed by atoms with Gasteiger partial charge in [0.2, 0.25) is 0 Å². The van der Waals surface area contributed by atoms with Crippen molar-refractivity contribution in [2.24, 2.45) is 5.92 Å². The number of nitrogens with zero attached hydrogens (tertiary/aromatic N) is 1. The van der Waals surface area contributed by atoms with Crippen LogP contribution in [0.4, 0.5) is 0 Å². The van der Waals surface area contributed by atoms with Gasteiger partial charge in [0, 0.05) is 18.5 Å². The molecule has 0 saturated heterocycles. The summed E-state index contributed by atoms with van der Waals surface area (Å²) < 4.78 is 0. The maximum atomic E-state index is 2.40. The fourth-order valence-electron chi connectivity index (χ4n) is 2.08. The monoisotopic (exact) mass is 213 g/mol. The maximum Gasteiger partial charge on any atom is 0.0317 e. The second-order valence-corrected chi connectivity index (χ2v) is 4.46. The Morgan fingerprint density at radius 1 is 1.12 bits per heavy atom. The highest BCUT2D eigenvalue weighted by molar-refractivity contribution is 5.20. The van der Waals surface area contributed by atoms with Crippen molar-refractivity contribution in [3.05, 3.63) is 60.2 Å². The SMILES string of the molecule is C[C@H](c1ccccc1)N(C)CC1C=CC=C1. The fraction of sp³-hybridized carbons (Fsp3) is 0.333. The summed E-state index contributed by atoms with van der Waals surface area (Å²) in [6.07, 6.45) is 8.78. The topological polar surface area (TPSA) is 3.24 Å². The lowest BCUT2D eigenvalue weighted by Gasteiger charge is -2.26. The van der Waals surface area contributed by atoms with Crippen molar-refractivity contribution in [3.63, 3.8) is 0 Å². The lowest BCUT2D eigenvalue weighted by Crippen LogP contribution is -2.26. The van der Waals surface area contributed by atoms with Crippen molar-refractivity contribution < 1.29 is 0 Å². The Balaban J connectivity index is 1.96. The molecule has 1 heteroatoms. The summed E-state index contributed by atoms with van der Waals surface area (Å²) in [7, 11) is 2.19. The predicted octanol–water partition coefficient (Wildman–Crippen LogP) is 3.42. The Bertz CT molecular complexity index is 366. The number of hydrogen-bond acceptors (Lipinski definition) is 1. The van der Waals surface area contributed by atoms with E-state index in [9.17, 15) is 0 Å². The first kappa shape index (κ1) is 11.2. The molecule has 16 heavy (non-hydrogen) atoms. The molecule has 84 valence electrons. The fourth-order valence-corrected chi connectivity index (χ4v) is 2.08. The lowest BCUT2D eigenvalue weighted by atomic mass is 10.1.